The van der Waals surface area contributed by atoms with Crippen molar-refractivity contribution in [3.05, 3.63) is 35.9 Å². The monoisotopic (exact) mass is 263 g/mol. The lowest BCUT2D eigenvalue weighted by Gasteiger charge is -2.38. The van der Waals surface area contributed by atoms with E-state index in [4.69, 9.17) is 9.84 Å². The Morgan fingerprint density at radius 3 is 2.42 bits per heavy atom. The molecule has 1 fully saturated rings. The number of benzene rings is 1. The predicted molar refractivity (Wildman–Crippen MR) is 68.7 cm³/mol. The summed E-state index contributed by atoms with van der Waals surface area (Å²) in [5.74, 6) is -1.47. The van der Waals surface area contributed by atoms with Gasteiger partial charge in [0.1, 0.15) is 0 Å². The van der Waals surface area contributed by atoms with E-state index in [9.17, 15) is 9.59 Å². The van der Waals surface area contributed by atoms with E-state index in [1.807, 2.05) is 30.3 Å². The Hall–Kier alpha value is -1.88. The van der Waals surface area contributed by atoms with Crippen molar-refractivity contribution in [3.8, 4) is 0 Å². The zero-order chi connectivity index (χ0) is 13.9. The normalized spacial score (nSPS) is 16.5. The molecule has 5 nitrogen and oxygen atoms in total. The third kappa shape index (κ3) is 2.61. The summed E-state index contributed by atoms with van der Waals surface area (Å²) in [6.45, 7) is 0.436. The maximum Gasteiger partial charge on any atom is 0.324 e. The number of hydrogen-bond acceptors (Lipinski definition) is 3. The van der Waals surface area contributed by atoms with E-state index in [1.54, 1.807) is 7.05 Å². The SMILES string of the molecule is CN(CCc1ccccc1)C(=O)C1(C(=O)O)COC1. The molecule has 0 aromatic heterocycles. The van der Waals surface area contributed by atoms with Crippen molar-refractivity contribution in [1.82, 2.24) is 4.90 Å². The number of nitrogens with zero attached hydrogens (tertiary/aromatic N) is 1. The minimum Gasteiger partial charge on any atom is -0.480 e. The number of likely N-dealkylation sites (N-methyl/N-ethyl adjacent to an activating group) is 1. The fourth-order valence-electron chi connectivity index (χ4n) is 2.05. The molecule has 1 amide bonds. The quantitative estimate of drug-likeness (QED) is 0.798. The van der Waals surface area contributed by atoms with Crippen LogP contribution in [-0.4, -0.2) is 48.7 Å². The van der Waals surface area contributed by atoms with Gasteiger partial charge in [-0.3, -0.25) is 9.59 Å². The summed E-state index contributed by atoms with van der Waals surface area (Å²) >= 11 is 0. The molecule has 102 valence electrons. The Kier molecular flexibility index (Phi) is 3.85. The highest BCUT2D eigenvalue weighted by atomic mass is 16.5. The van der Waals surface area contributed by atoms with Gasteiger partial charge in [0.2, 0.25) is 5.91 Å². The van der Waals surface area contributed by atoms with Crippen LogP contribution in [0.5, 0.6) is 0 Å². The van der Waals surface area contributed by atoms with Crippen molar-refractivity contribution in [2.24, 2.45) is 5.41 Å². The van der Waals surface area contributed by atoms with Crippen molar-refractivity contribution in [3.63, 3.8) is 0 Å². The Balaban J connectivity index is 1.94. The molecule has 0 aliphatic carbocycles. The fraction of sp³-hybridized carbons (Fsp3) is 0.429. The number of carboxylic acids is 1. The van der Waals surface area contributed by atoms with Gasteiger partial charge in [-0.1, -0.05) is 30.3 Å². The smallest absolute Gasteiger partial charge is 0.324 e. The van der Waals surface area contributed by atoms with Gasteiger partial charge in [-0.05, 0) is 12.0 Å². The van der Waals surface area contributed by atoms with Crippen molar-refractivity contribution in [2.45, 2.75) is 6.42 Å². The molecule has 2 rings (SSSR count). The summed E-state index contributed by atoms with van der Waals surface area (Å²) in [4.78, 5) is 24.8. The highest BCUT2D eigenvalue weighted by Gasteiger charge is 2.54. The first-order valence-electron chi connectivity index (χ1n) is 6.17. The van der Waals surface area contributed by atoms with Crippen molar-refractivity contribution >= 4 is 11.9 Å². The van der Waals surface area contributed by atoms with Crippen LogP contribution in [0.1, 0.15) is 5.56 Å². The number of rotatable bonds is 5. The number of carbonyl (C=O) groups excluding carboxylic acids is 1. The first-order chi connectivity index (χ1) is 9.06. The lowest BCUT2D eigenvalue weighted by atomic mass is 9.84. The first-order valence-corrected chi connectivity index (χ1v) is 6.17. The number of ether oxygens (including phenoxy) is 1. The largest absolute Gasteiger partial charge is 0.480 e. The van der Waals surface area contributed by atoms with Gasteiger partial charge < -0.3 is 14.7 Å². The van der Waals surface area contributed by atoms with Gasteiger partial charge in [0.15, 0.2) is 5.41 Å². The zero-order valence-electron chi connectivity index (χ0n) is 10.8. The Labute approximate surface area is 111 Å². The summed E-state index contributed by atoms with van der Waals surface area (Å²) in [5.41, 5.74) is -0.248. The Morgan fingerprint density at radius 2 is 1.95 bits per heavy atom. The predicted octanol–water partition coefficient (Wildman–Crippen LogP) is 0.789. The fourth-order valence-corrected chi connectivity index (χ4v) is 2.05. The van der Waals surface area contributed by atoms with Crippen LogP contribution in [0, 0.1) is 5.41 Å². The standard InChI is InChI=1S/C14H17NO4/c1-15(8-7-11-5-3-2-4-6-11)12(16)14(13(17)18)9-19-10-14/h2-6H,7-10H2,1H3,(H,17,18). The minimum atomic E-state index is -1.37. The maximum atomic E-state index is 12.2. The van der Waals surface area contributed by atoms with Crippen molar-refractivity contribution in [1.29, 1.82) is 0 Å². The number of aliphatic carboxylic acids is 1. The van der Waals surface area contributed by atoms with Gasteiger partial charge in [-0.2, -0.15) is 0 Å². The molecule has 0 bridgehead atoms. The molecule has 0 atom stereocenters. The minimum absolute atomic E-state index is 0.0309. The molecule has 19 heavy (non-hydrogen) atoms. The molecular weight excluding hydrogens is 246 g/mol. The average Bonchev–Trinajstić information content (AvgIpc) is 2.35. The van der Waals surface area contributed by atoms with Crippen LogP contribution in [0.4, 0.5) is 0 Å². The molecule has 0 spiro atoms. The number of amides is 1. The summed E-state index contributed by atoms with van der Waals surface area (Å²) in [7, 11) is 1.63. The van der Waals surface area contributed by atoms with Crippen molar-refractivity contribution in [2.75, 3.05) is 26.8 Å². The van der Waals surface area contributed by atoms with E-state index >= 15 is 0 Å². The topological polar surface area (TPSA) is 66.8 Å². The third-order valence-corrected chi connectivity index (χ3v) is 3.44. The molecular formula is C14H17NO4. The molecule has 1 N–H and O–H groups in total. The van der Waals surface area contributed by atoms with E-state index in [0.29, 0.717) is 13.0 Å². The van der Waals surface area contributed by atoms with Gasteiger partial charge in [-0.25, -0.2) is 0 Å². The Morgan fingerprint density at radius 1 is 1.32 bits per heavy atom. The third-order valence-electron chi connectivity index (χ3n) is 3.44. The summed E-state index contributed by atoms with van der Waals surface area (Å²) in [5, 5.41) is 9.16. The molecule has 5 heteroatoms. The van der Waals surface area contributed by atoms with E-state index in [1.165, 1.54) is 4.90 Å². The second kappa shape index (κ2) is 5.40. The highest BCUT2D eigenvalue weighted by molar-refractivity contribution is 6.03. The van der Waals surface area contributed by atoms with Crippen LogP contribution in [0.25, 0.3) is 0 Å². The summed E-state index contributed by atoms with van der Waals surface area (Å²) in [6.07, 6.45) is 0.708. The number of hydrogen-bond donors (Lipinski definition) is 1. The molecule has 1 aliphatic rings. The lowest BCUT2D eigenvalue weighted by molar-refractivity contribution is -0.190. The van der Waals surface area contributed by atoms with E-state index in [0.717, 1.165) is 5.56 Å². The van der Waals surface area contributed by atoms with E-state index in [-0.39, 0.29) is 19.1 Å². The van der Waals surface area contributed by atoms with E-state index in [2.05, 4.69) is 0 Å². The number of carbonyl (C=O) groups is 2. The second-order valence-electron chi connectivity index (χ2n) is 4.84. The molecule has 0 radical (unpaired) electrons. The number of carboxylic acid groups (broad SMARTS) is 1. The molecule has 1 aromatic carbocycles. The van der Waals surface area contributed by atoms with E-state index < -0.39 is 11.4 Å². The molecule has 1 heterocycles. The summed E-state index contributed by atoms with van der Waals surface area (Å²) in [6, 6.07) is 9.78. The molecule has 0 saturated carbocycles. The van der Waals surface area contributed by atoms with Crippen LogP contribution in [0.15, 0.2) is 30.3 Å². The van der Waals surface area contributed by atoms with Gasteiger partial charge in [0.25, 0.3) is 0 Å². The molecule has 1 saturated heterocycles. The van der Waals surface area contributed by atoms with Gasteiger partial charge in [-0.15, -0.1) is 0 Å². The van der Waals surface area contributed by atoms with Crippen LogP contribution >= 0.6 is 0 Å². The Bertz CT molecular complexity index is 468. The first kappa shape index (κ1) is 13.5. The average molecular weight is 263 g/mol. The van der Waals surface area contributed by atoms with Crippen molar-refractivity contribution < 1.29 is 19.4 Å². The lowest BCUT2D eigenvalue weighted by Crippen LogP contribution is -2.59. The second-order valence-corrected chi connectivity index (χ2v) is 4.84. The molecule has 1 aliphatic heterocycles. The van der Waals surface area contributed by atoms with Crippen LogP contribution < -0.4 is 0 Å². The van der Waals surface area contributed by atoms with Gasteiger partial charge in [0.05, 0.1) is 13.2 Å². The summed E-state index contributed by atoms with van der Waals surface area (Å²) < 4.78 is 4.91. The maximum absolute atomic E-state index is 12.2. The molecule has 0 unspecified atom stereocenters. The highest BCUT2D eigenvalue weighted by Crippen LogP contribution is 2.30. The van der Waals surface area contributed by atoms with Crippen LogP contribution in [-0.2, 0) is 20.7 Å². The zero-order valence-corrected chi connectivity index (χ0v) is 10.8. The van der Waals surface area contributed by atoms with Crippen LogP contribution in [0.2, 0.25) is 0 Å². The van der Waals surface area contributed by atoms with Crippen LogP contribution in [0.3, 0.4) is 0 Å². The van der Waals surface area contributed by atoms with Gasteiger partial charge >= 0.3 is 5.97 Å². The molecule has 1 aromatic rings. The van der Waals surface area contributed by atoms with Gasteiger partial charge in [0, 0.05) is 13.6 Å².